The highest BCUT2D eigenvalue weighted by Gasteiger charge is 2.28. The molecule has 1 aromatic heterocycles. The third-order valence-corrected chi connectivity index (χ3v) is 4.23. The number of ether oxygens (including phenoxy) is 1. The highest BCUT2D eigenvalue weighted by Crippen LogP contribution is 2.26. The topological polar surface area (TPSA) is 24.5 Å². The predicted molar refractivity (Wildman–Crippen MR) is 72.6 cm³/mol. The molecular weight excluding hydrogens is 232 g/mol. The van der Waals surface area contributed by atoms with Crippen molar-refractivity contribution in [3.8, 4) is 0 Å². The van der Waals surface area contributed by atoms with E-state index in [4.69, 9.17) is 4.74 Å². The Labute approximate surface area is 108 Å². The van der Waals surface area contributed by atoms with E-state index >= 15 is 0 Å². The molecular formula is C13H22N2OS. The SMILES string of the molecule is CCNC(c1cccs1)C1CN(CC)CCO1. The zero-order valence-electron chi connectivity index (χ0n) is 10.7. The van der Waals surface area contributed by atoms with Crippen molar-refractivity contribution in [3.63, 3.8) is 0 Å². The summed E-state index contributed by atoms with van der Waals surface area (Å²) >= 11 is 1.81. The number of rotatable bonds is 5. The number of nitrogens with one attached hydrogen (secondary N) is 1. The Hall–Kier alpha value is -0.420. The van der Waals surface area contributed by atoms with Gasteiger partial charge in [0.2, 0.25) is 0 Å². The van der Waals surface area contributed by atoms with Crippen molar-refractivity contribution in [1.82, 2.24) is 10.2 Å². The van der Waals surface area contributed by atoms with Gasteiger partial charge in [-0.15, -0.1) is 11.3 Å². The molecule has 0 spiro atoms. The molecule has 3 nitrogen and oxygen atoms in total. The third-order valence-electron chi connectivity index (χ3n) is 3.27. The molecule has 0 aromatic carbocycles. The molecule has 96 valence electrons. The van der Waals surface area contributed by atoms with Crippen LogP contribution in [0.3, 0.4) is 0 Å². The lowest BCUT2D eigenvalue weighted by atomic mass is 10.1. The van der Waals surface area contributed by atoms with Crippen molar-refractivity contribution >= 4 is 11.3 Å². The maximum Gasteiger partial charge on any atom is 0.0904 e. The molecule has 1 aliphatic rings. The van der Waals surface area contributed by atoms with Crippen LogP contribution >= 0.6 is 11.3 Å². The van der Waals surface area contributed by atoms with E-state index in [1.807, 2.05) is 11.3 Å². The minimum Gasteiger partial charge on any atom is -0.374 e. The third kappa shape index (κ3) is 3.28. The summed E-state index contributed by atoms with van der Waals surface area (Å²) in [5, 5.41) is 5.70. The van der Waals surface area contributed by atoms with Crippen molar-refractivity contribution in [2.45, 2.75) is 26.0 Å². The summed E-state index contributed by atoms with van der Waals surface area (Å²) in [5.41, 5.74) is 0. The van der Waals surface area contributed by atoms with Crippen LogP contribution < -0.4 is 5.32 Å². The zero-order chi connectivity index (χ0) is 12.1. The Balaban J connectivity index is 2.05. The number of likely N-dealkylation sites (N-methyl/N-ethyl adjacent to an activating group) is 2. The van der Waals surface area contributed by atoms with E-state index in [0.717, 1.165) is 32.8 Å². The monoisotopic (exact) mass is 254 g/mol. The van der Waals surface area contributed by atoms with Gasteiger partial charge in [-0.2, -0.15) is 0 Å². The van der Waals surface area contributed by atoms with Gasteiger partial charge in [-0.25, -0.2) is 0 Å². The molecule has 1 fully saturated rings. The Morgan fingerprint density at radius 3 is 3.12 bits per heavy atom. The fourth-order valence-electron chi connectivity index (χ4n) is 2.32. The molecule has 1 N–H and O–H groups in total. The Morgan fingerprint density at radius 2 is 2.47 bits per heavy atom. The van der Waals surface area contributed by atoms with Crippen molar-refractivity contribution in [1.29, 1.82) is 0 Å². The summed E-state index contributed by atoms with van der Waals surface area (Å²) in [4.78, 5) is 3.85. The molecule has 1 aliphatic heterocycles. The van der Waals surface area contributed by atoms with Crippen LogP contribution in [0.15, 0.2) is 17.5 Å². The normalized spacial score (nSPS) is 23.8. The van der Waals surface area contributed by atoms with Gasteiger partial charge in [0.05, 0.1) is 18.8 Å². The molecule has 0 amide bonds. The van der Waals surface area contributed by atoms with Crippen LogP contribution in [-0.2, 0) is 4.74 Å². The Morgan fingerprint density at radius 1 is 1.59 bits per heavy atom. The van der Waals surface area contributed by atoms with Gasteiger partial charge < -0.3 is 10.1 Å². The lowest BCUT2D eigenvalue weighted by Gasteiger charge is -2.36. The second-order valence-corrected chi connectivity index (χ2v) is 5.33. The first-order chi connectivity index (χ1) is 8.35. The first-order valence-corrected chi connectivity index (χ1v) is 7.33. The average Bonchev–Trinajstić information content (AvgIpc) is 2.89. The van der Waals surface area contributed by atoms with Crippen molar-refractivity contribution in [3.05, 3.63) is 22.4 Å². The highest BCUT2D eigenvalue weighted by molar-refractivity contribution is 7.10. The second-order valence-electron chi connectivity index (χ2n) is 4.35. The van der Waals surface area contributed by atoms with E-state index in [9.17, 15) is 0 Å². The number of nitrogens with zero attached hydrogens (tertiary/aromatic N) is 1. The van der Waals surface area contributed by atoms with Gasteiger partial charge in [0.1, 0.15) is 0 Å². The van der Waals surface area contributed by atoms with Crippen LogP contribution in [0.5, 0.6) is 0 Å². The summed E-state index contributed by atoms with van der Waals surface area (Å²) in [6, 6.07) is 4.66. The van der Waals surface area contributed by atoms with E-state index in [1.165, 1.54) is 4.88 Å². The molecule has 0 radical (unpaired) electrons. The van der Waals surface area contributed by atoms with E-state index in [1.54, 1.807) is 0 Å². The fourth-order valence-corrected chi connectivity index (χ4v) is 3.18. The smallest absolute Gasteiger partial charge is 0.0904 e. The largest absolute Gasteiger partial charge is 0.374 e. The predicted octanol–water partition coefficient (Wildman–Crippen LogP) is 2.12. The van der Waals surface area contributed by atoms with Gasteiger partial charge in [-0.3, -0.25) is 4.90 Å². The summed E-state index contributed by atoms with van der Waals surface area (Å²) in [6.45, 7) is 9.42. The standard InChI is InChI=1S/C13H22N2OS/c1-3-14-13(12-6-5-9-17-12)11-10-15(4-2)7-8-16-11/h5-6,9,11,13-14H,3-4,7-8,10H2,1-2H3. The van der Waals surface area contributed by atoms with E-state index in [0.29, 0.717) is 6.04 Å². The number of thiophene rings is 1. The maximum atomic E-state index is 5.95. The number of hydrogen-bond acceptors (Lipinski definition) is 4. The van der Waals surface area contributed by atoms with Crippen LogP contribution in [0.2, 0.25) is 0 Å². The van der Waals surface area contributed by atoms with Crippen molar-refractivity contribution in [2.24, 2.45) is 0 Å². The minimum atomic E-state index is 0.280. The number of hydrogen-bond donors (Lipinski definition) is 1. The fraction of sp³-hybridized carbons (Fsp3) is 0.692. The second kappa shape index (κ2) is 6.50. The molecule has 4 heteroatoms. The van der Waals surface area contributed by atoms with Crippen LogP contribution in [0.25, 0.3) is 0 Å². The molecule has 2 unspecified atom stereocenters. The van der Waals surface area contributed by atoms with E-state index < -0.39 is 0 Å². The van der Waals surface area contributed by atoms with Crippen LogP contribution in [0.1, 0.15) is 24.8 Å². The molecule has 0 aliphatic carbocycles. The summed E-state index contributed by atoms with van der Waals surface area (Å²) < 4.78 is 5.95. The molecule has 17 heavy (non-hydrogen) atoms. The zero-order valence-corrected chi connectivity index (χ0v) is 11.5. The molecule has 1 saturated heterocycles. The molecule has 1 aromatic rings. The minimum absolute atomic E-state index is 0.280. The molecule has 0 saturated carbocycles. The van der Waals surface area contributed by atoms with E-state index in [2.05, 4.69) is 41.6 Å². The maximum absolute atomic E-state index is 5.95. The Bertz CT molecular complexity index is 315. The first kappa shape index (κ1) is 13.0. The van der Waals surface area contributed by atoms with E-state index in [-0.39, 0.29) is 6.10 Å². The first-order valence-electron chi connectivity index (χ1n) is 6.45. The molecule has 2 heterocycles. The molecule has 2 atom stereocenters. The van der Waals surface area contributed by atoms with Crippen molar-refractivity contribution in [2.75, 3.05) is 32.8 Å². The summed E-state index contributed by atoms with van der Waals surface area (Å²) in [5.74, 6) is 0. The van der Waals surface area contributed by atoms with Gasteiger partial charge in [0, 0.05) is 18.0 Å². The summed E-state index contributed by atoms with van der Waals surface area (Å²) in [7, 11) is 0. The van der Waals surface area contributed by atoms with Crippen molar-refractivity contribution < 1.29 is 4.74 Å². The van der Waals surface area contributed by atoms with Gasteiger partial charge >= 0.3 is 0 Å². The van der Waals surface area contributed by atoms with Crippen LogP contribution in [-0.4, -0.2) is 43.8 Å². The lowest BCUT2D eigenvalue weighted by Crippen LogP contribution is -2.47. The quantitative estimate of drug-likeness (QED) is 0.871. The molecule has 0 bridgehead atoms. The highest BCUT2D eigenvalue weighted by atomic mass is 32.1. The molecule has 2 rings (SSSR count). The van der Waals surface area contributed by atoms with Crippen LogP contribution in [0, 0.1) is 0 Å². The van der Waals surface area contributed by atoms with Gasteiger partial charge in [0.15, 0.2) is 0 Å². The average molecular weight is 254 g/mol. The van der Waals surface area contributed by atoms with Gasteiger partial charge in [0.25, 0.3) is 0 Å². The number of morpholine rings is 1. The van der Waals surface area contributed by atoms with Crippen LogP contribution in [0.4, 0.5) is 0 Å². The lowest BCUT2D eigenvalue weighted by molar-refractivity contribution is -0.0447. The van der Waals surface area contributed by atoms with Gasteiger partial charge in [-0.1, -0.05) is 19.9 Å². The van der Waals surface area contributed by atoms with Gasteiger partial charge in [-0.05, 0) is 24.5 Å². The Kier molecular flexibility index (Phi) is 4.98. The summed E-state index contributed by atoms with van der Waals surface area (Å²) in [6.07, 6.45) is 0.280.